The maximum atomic E-state index is 12.0. The molecule has 1 heterocycles. The Kier molecular flexibility index (Phi) is 3.72. The largest absolute Gasteiger partial charge is 0.495 e. The van der Waals surface area contributed by atoms with Crippen molar-refractivity contribution < 1.29 is 13.2 Å². The summed E-state index contributed by atoms with van der Waals surface area (Å²) in [5.41, 5.74) is 6.70. The predicted octanol–water partition coefficient (Wildman–Crippen LogP) is 0.479. The first-order valence-electron chi connectivity index (χ1n) is 5.44. The van der Waals surface area contributed by atoms with Crippen LogP contribution < -0.4 is 15.2 Å². The molecule has 19 heavy (non-hydrogen) atoms. The molecule has 0 atom stereocenters. The lowest BCUT2D eigenvalue weighted by atomic mass is 10.3. The Balaban J connectivity index is 2.17. The van der Waals surface area contributed by atoms with E-state index in [1.165, 1.54) is 25.3 Å². The Bertz CT molecular complexity index is 653. The molecule has 0 saturated carbocycles. The molecule has 0 aliphatic heterocycles. The second-order valence-corrected chi connectivity index (χ2v) is 5.60. The van der Waals surface area contributed by atoms with Gasteiger partial charge in [0.25, 0.3) is 0 Å². The van der Waals surface area contributed by atoms with Gasteiger partial charge >= 0.3 is 0 Å². The number of H-pyrrole nitrogens is 1. The summed E-state index contributed by atoms with van der Waals surface area (Å²) in [6.07, 6.45) is 3.16. The van der Waals surface area contributed by atoms with Crippen LogP contribution in [0, 0.1) is 0 Å². The van der Waals surface area contributed by atoms with E-state index in [1.807, 2.05) is 0 Å². The van der Waals surface area contributed by atoms with Crippen molar-refractivity contribution in [1.29, 1.82) is 0 Å². The number of ether oxygens (including phenoxy) is 1. The number of nitrogens with one attached hydrogen (secondary N) is 2. The van der Waals surface area contributed by atoms with Gasteiger partial charge in [0.05, 0.1) is 23.9 Å². The zero-order valence-corrected chi connectivity index (χ0v) is 11.1. The minimum Gasteiger partial charge on any atom is -0.495 e. The van der Waals surface area contributed by atoms with Crippen LogP contribution in [0.3, 0.4) is 0 Å². The Morgan fingerprint density at radius 1 is 1.47 bits per heavy atom. The molecule has 1 aromatic carbocycles. The van der Waals surface area contributed by atoms with Gasteiger partial charge in [-0.25, -0.2) is 13.1 Å². The van der Waals surface area contributed by atoms with E-state index in [2.05, 4.69) is 14.9 Å². The van der Waals surface area contributed by atoms with Crippen LogP contribution in [0.5, 0.6) is 5.75 Å². The summed E-state index contributed by atoms with van der Waals surface area (Å²) in [4.78, 5) is 0.0919. The third kappa shape index (κ3) is 3.04. The van der Waals surface area contributed by atoms with E-state index in [9.17, 15) is 8.42 Å². The molecule has 102 valence electrons. The van der Waals surface area contributed by atoms with E-state index < -0.39 is 10.0 Å². The number of anilines is 1. The van der Waals surface area contributed by atoms with Crippen molar-refractivity contribution in [2.45, 2.75) is 11.4 Å². The molecular formula is C11H14N4O3S. The van der Waals surface area contributed by atoms with Crippen LogP contribution in [0.15, 0.2) is 35.5 Å². The topological polar surface area (TPSA) is 110 Å². The smallest absolute Gasteiger partial charge is 0.240 e. The van der Waals surface area contributed by atoms with E-state index in [0.717, 1.165) is 5.56 Å². The summed E-state index contributed by atoms with van der Waals surface area (Å²) in [5, 5.41) is 6.34. The lowest BCUT2D eigenvalue weighted by Crippen LogP contribution is -2.23. The van der Waals surface area contributed by atoms with E-state index in [-0.39, 0.29) is 17.1 Å². The van der Waals surface area contributed by atoms with Crippen molar-refractivity contribution in [3.8, 4) is 5.75 Å². The third-order valence-electron chi connectivity index (χ3n) is 2.53. The van der Waals surface area contributed by atoms with Crippen LogP contribution in [-0.2, 0) is 16.6 Å². The molecule has 0 fully saturated rings. The number of nitrogen functional groups attached to an aromatic ring is 1. The number of benzene rings is 1. The van der Waals surface area contributed by atoms with Gasteiger partial charge in [-0.3, -0.25) is 5.10 Å². The van der Waals surface area contributed by atoms with Crippen molar-refractivity contribution in [3.63, 3.8) is 0 Å². The minimum atomic E-state index is -3.61. The SMILES string of the molecule is COc1ccc(S(=O)(=O)NCc2cn[nH]c2)cc1N. The summed E-state index contributed by atoms with van der Waals surface area (Å²) >= 11 is 0. The molecule has 0 unspecified atom stereocenters. The molecule has 2 rings (SSSR count). The number of nitrogens with two attached hydrogens (primary N) is 1. The fourth-order valence-electron chi connectivity index (χ4n) is 1.52. The molecule has 8 heteroatoms. The molecule has 2 aromatic rings. The van der Waals surface area contributed by atoms with Gasteiger partial charge in [0.2, 0.25) is 10.0 Å². The highest BCUT2D eigenvalue weighted by Gasteiger charge is 2.15. The number of hydrogen-bond donors (Lipinski definition) is 3. The number of sulfonamides is 1. The van der Waals surface area contributed by atoms with Crippen LogP contribution in [0.25, 0.3) is 0 Å². The van der Waals surface area contributed by atoms with Crippen molar-refractivity contribution >= 4 is 15.7 Å². The van der Waals surface area contributed by atoms with E-state index >= 15 is 0 Å². The number of aromatic amines is 1. The van der Waals surface area contributed by atoms with Gasteiger partial charge in [-0.05, 0) is 18.2 Å². The van der Waals surface area contributed by atoms with E-state index in [0.29, 0.717) is 5.75 Å². The Labute approximate surface area is 110 Å². The predicted molar refractivity (Wildman–Crippen MR) is 70.0 cm³/mol. The lowest BCUT2D eigenvalue weighted by Gasteiger charge is -2.08. The molecule has 0 aliphatic carbocycles. The Morgan fingerprint density at radius 3 is 2.84 bits per heavy atom. The quantitative estimate of drug-likeness (QED) is 0.691. The Morgan fingerprint density at radius 2 is 2.26 bits per heavy atom. The Hall–Kier alpha value is -2.06. The van der Waals surface area contributed by atoms with E-state index in [4.69, 9.17) is 10.5 Å². The molecule has 0 saturated heterocycles. The highest BCUT2D eigenvalue weighted by Crippen LogP contribution is 2.24. The van der Waals surface area contributed by atoms with Crippen LogP contribution in [0.4, 0.5) is 5.69 Å². The van der Waals surface area contributed by atoms with Crippen molar-refractivity contribution in [2.75, 3.05) is 12.8 Å². The minimum absolute atomic E-state index is 0.0919. The molecule has 0 bridgehead atoms. The van der Waals surface area contributed by atoms with Crippen LogP contribution in [0.2, 0.25) is 0 Å². The van der Waals surface area contributed by atoms with E-state index in [1.54, 1.807) is 12.4 Å². The number of methoxy groups -OCH3 is 1. The second kappa shape index (κ2) is 5.29. The maximum Gasteiger partial charge on any atom is 0.240 e. The summed E-state index contributed by atoms with van der Waals surface area (Å²) < 4.78 is 31.5. The zero-order chi connectivity index (χ0) is 13.9. The zero-order valence-electron chi connectivity index (χ0n) is 10.3. The van der Waals surface area contributed by atoms with Gasteiger partial charge in [0.15, 0.2) is 0 Å². The molecular weight excluding hydrogens is 268 g/mol. The number of nitrogens with zero attached hydrogens (tertiary/aromatic N) is 1. The molecule has 0 spiro atoms. The van der Waals surface area contributed by atoms with Crippen LogP contribution in [-0.4, -0.2) is 25.7 Å². The summed E-state index contributed by atoms with van der Waals surface area (Å²) in [5.74, 6) is 0.439. The van der Waals surface area contributed by atoms with Gasteiger partial charge in [0.1, 0.15) is 5.75 Å². The highest BCUT2D eigenvalue weighted by atomic mass is 32.2. The first-order chi connectivity index (χ1) is 9.03. The van der Waals surface area contributed by atoms with Gasteiger partial charge in [-0.1, -0.05) is 0 Å². The molecule has 0 amide bonds. The average molecular weight is 282 g/mol. The molecule has 1 aromatic heterocycles. The first kappa shape index (κ1) is 13.4. The normalized spacial score (nSPS) is 11.4. The molecule has 0 radical (unpaired) electrons. The maximum absolute atomic E-state index is 12.0. The standard InChI is InChI=1S/C11H14N4O3S/c1-18-11-3-2-9(4-10(11)12)19(16,17)15-7-8-5-13-14-6-8/h2-6,15H,7,12H2,1H3,(H,13,14). The fourth-order valence-corrected chi connectivity index (χ4v) is 2.57. The fraction of sp³-hybridized carbons (Fsp3) is 0.182. The van der Waals surface area contributed by atoms with Crippen molar-refractivity contribution in [2.24, 2.45) is 0 Å². The van der Waals surface area contributed by atoms with Gasteiger partial charge in [-0.2, -0.15) is 5.10 Å². The first-order valence-corrected chi connectivity index (χ1v) is 6.92. The van der Waals surface area contributed by atoms with Crippen LogP contribution in [0.1, 0.15) is 5.56 Å². The highest BCUT2D eigenvalue weighted by molar-refractivity contribution is 7.89. The molecule has 4 N–H and O–H groups in total. The average Bonchev–Trinajstić information content (AvgIpc) is 2.89. The van der Waals surface area contributed by atoms with Crippen LogP contribution >= 0.6 is 0 Å². The number of aromatic nitrogens is 2. The number of rotatable bonds is 5. The lowest BCUT2D eigenvalue weighted by molar-refractivity contribution is 0.416. The van der Waals surface area contributed by atoms with Gasteiger partial charge in [-0.15, -0.1) is 0 Å². The summed E-state index contributed by atoms with van der Waals surface area (Å²) in [6, 6.07) is 4.31. The third-order valence-corrected chi connectivity index (χ3v) is 3.93. The van der Waals surface area contributed by atoms with Crippen molar-refractivity contribution in [1.82, 2.24) is 14.9 Å². The van der Waals surface area contributed by atoms with Gasteiger partial charge in [0, 0.05) is 18.3 Å². The number of hydrogen-bond acceptors (Lipinski definition) is 5. The molecule has 7 nitrogen and oxygen atoms in total. The van der Waals surface area contributed by atoms with Crippen molar-refractivity contribution in [3.05, 3.63) is 36.2 Å². The van der Waals surface area contributed by atoms with Gasteiger partial charge < -0.3 is 10.5 Å². The summed E-state index contributed by atoms with van der Waals surface area (Å²) in [7, 11) is -2.14. The summed E-state index contributed by atoms with van der Waals surface area (Å²) in [6.45, 7) is 0.158. The second-order valence-electron chi connectivity index (χ2n) is 3.83. The monoisotopic (exact) mass is 282 g/mol. The molecule has 0 aliphatic rings.